The maximum Gasteiger partial charge on any atom is 0.338 e. The van der Waals surface area contributed by atoms with E-state index in [1.165, 1.54) is 4.68 Å². The second-order valence-electron chi connectivity index (χ2n) is 8.55. The molecule has 0 saturated heterocycles. The Morgan fingerprint density at radius 1 is 0.947 bits per heavy atom. The molecular weight excluding hydrogens is 506 g/mol. The Hall–Kier alpha value is -4.63. The van der Waals surface area contributed by atoms with E-state index in [1.807, 2.05) is 60.7 Å². The zero-order valence-electron chi connectivity index (χ0n) is 20.2. The van der Waals surface area contributed by atoms with Crippen LogP contribution in [0.5, 0.6) is 5.75 Å². The van der Waals surface area contributed by atoms with Crippen LogP contribution in [0.1, 0.15) is 22.9 Å². The van der Waals surface area contributed by atoms with Crippen molar-refractivity contribution in [3.63, 3.8) is 0 Å². The molecule has 1 unspecified atom stereocenters. The number of ether oxygens (including phenoxy) is 2. The van der Waals surface area contributed by atoms with E-state index in [0.29, 0.717) is 27.7 Å². The molecule has 2 amide bonds. The number of aromatic nitrogens is 3. The minimum absolute atomic E-state index is 0.0854. The summed E-state index contributed by atoms with van der Waals surface area (Å²) in [5.41, 5.74) is 2.74. The van der Waals surface area contributed by atoms with E-state index in [-0.39, 0.29) is 25.3 Å². The van der Waals surface area contributed by atoms with Gasteiger partial charge in [-0.15, -0.1) is 5.10 Å². The average Bonchev–Trinajstić information content (AvgIpc) is 3.39. The third-order valence-electron chi connectivity index (χ3n) is 5.83. The third-order valence-corrected chi connectivity index (χ3v) is 6.08. The van der Waals surface area contributed by atoms with Gasteiger partial charge < -0.3 is 20.1 Å². The van der Waals surface area contributed by atoms with E-state index >= 15 is 0 Å². The molecule has 2 heterocycles. The van der Waals surface area contributed by atoms with E-state index in [9.17, 15) is 9.59 Å². The Morgan fingerprint density at radius 2 is 1.66 bits per heavy atom. The van der Waals surface area contributed by atoms with E-state index in [1.54, 1.807) is 30.5 Å². The van der Waals surface area contributed by atoms with Gasteiger partial charge >= 0.3 is 12.0 Å². The molecule has 0 fully saturated rings. The highest BCUT2D eigenvalue weighted by molar-refractivity contribution is 6.30. The molecule has 10 heteroatoms. The van der Waals surface area contributed by atoms with Gasteiger partial charge in [-0.2, -0.15) is 0 Å². The van der Waals surface area contributed by atoms with Crippen molar-refractivity contribution >= 4 is 23.6 Å². The minimum Gasteiger partial charge on any atom is -0.487 e. The molecule has 0 radical (unpaired) electrons. The number of carbonyl (C=O) groups is 2. The monoisotopic (exact) mass is 529 g/mol. The number of halogens is 1. The van der Waals surface area contributed by atoms with Gasteiger partial charge in [0, 0.05) is 5.02 Å². The van der Waals surface area contributed by atoms with Crippen LogP contribution >= 0.6 is 11.6 Å². The van der Waals surface area contributed by atoms with Gasteiger partial charge in [0.1, 0.15) is 24.7 Å². The van der Waals surface area contributed by atoms with Gasteiger partial charge in [0.2, 0.25) is 0 Å². The minimum atomic E-state index is -0.747. The molecule has 1 aliphatic heterocycles. The van der Waals surface area contributed by atoms with Crippen molar-refractivity contribution in [3.8, 4) is 5.75 Å². The molecule has 0 spiro atoms. The second-order valence-corrected chi connectivity index (χ2v) is 8.98. The smallest absolute Gasteiger partial charge is 0.338 e. The number of rotatable bonds is 9. The van der Waals surface area contributed by atoms with Crippen LogP contribution in [0.15, 0.2) is 102 Å². The zero-order chi connectivity index (χ0) is 26.3. The number of nitrogens with one attached hydrogen (secondary N) is 2. The first kappa shape index (κ1) is 25.0. The fourth-order valence-corrected chi connectivity index (χ4v) is 4.13. The van der Waals surface area contributed by atoms with Crippen molar-refractivity contribution in [3.05, 3.63) is 124 Å². The maximum atomic E-state index is 13.4. The lowest BCUT2D eigenvalue weighted by Crippen LogP contribution is -2.46. The predicted octanol–water partition coefficient (Wildman–Crippen LogP) is 4.56. The molecule has 5 rings (SSSR count). The summed E-state index contributed by atoms with van der Waals surface area (Å²) >= 11 is 6.07. The normalized spacial score (nSPS) is 15.0. The molecule has 0 bridgehead atoms. The lowest BCUT2D eigenvalue weighted by molar-refractivity contribution is -0.140. The van der Waals surface area contributed by atoms with Gasteiger partial charge in [-0.1, -0.05) is 77.5 Å². The van der Waals surface area contributed by atoms with E-state index in [4.69, 9.17) is 21.1 Å². The molecular formula is C28H24ClN5O4. The Kier molecular flexibility index (Phi) is 7.65. The van der Waals surface area contributed by atoms with E-state index in [2.05, 4.69) is 20.9 Å². The number of allylic oxidation sites excluding steroid dienone is 1. The SMILES string of the molecule is O=C1NC(Cn2cc(COc3ccccc3)nn2)=C(C(=O)OCc2ccccc2)C(c2ccc(Cl)cc2)N1. The number of carbonyl (C=O) groups excluding carboxylic acids is 2. The molecule has 0 aliphatic carbocycles. The first-order chi connectivity index (χ1) is 18.5. The summed E-state index contributed by atoms with van der Waals surface area (Å²) in [5.74, 6) is 0.147. The Labute approximate surface area is 224 Å². The van der Waals surface area contributed by atoms with Crippen LogP contribution in [0.3, 0.4) is 0 Å². The van der Waals surface area contributed by atoms with Crippen LogP contribution in [-0.4, -0.2) is 27.0 Å². The number of hydrogen-bond acceptors (Lipinski definition) is 6. The number of benzene rings is 3. The van der Waals surface area contributed by atoms with Gasteiger partial charge in [-0.3, -0.25) is 0 Å². The molecule has 1 atom stereocenters. The van der Waals surface area contributed by atoms with Crippen molar-refractivity contribution in [1.29, 1.82) is 0 Å². The van der Waals surface area contributed by atoms with Crippen LogP contribution in [0.2, 0.25) is 5.02 Å². The second kappa shape index (κ2) is 11.6. The predicted molar refractivity (Wildman–Crippen MR) is 140 cm³/mol. The number of nitrogens with zero attached hydrogens (tertiary/aromatic N) is 3. The van der Waals surface area contributed by atoms with Gasteiger partial charge in [0.25, 0.3) is 0 Å². The van der Waals surface area contributed by atoms with E-state index in [0.717, 1.165) is 5.56 Å². The highest BCUT2D eigenvalue weighted by Crippen LogP contribution is 2.29. The van der Waals surface area contributed by atoms with Gasteiger partial charge in [-0.05, 0) is 35.4 Å². The van der Waals surface area contributed by atoms with Crippen molar-refractivity contribution in [2.75, 3.05) is 0 Å². The molecule has 9 nitrogen and oxygen atoms in total. The summed E-state index contributed by atoms with van der Waals surface area (Å²) in [6.07, 6.45) is 1.70. The summed E-state index contributed by atoms with van der Waals surface area (Å²) in [5, 5.41) is 14.4. The number of esters is 1. The molecule has 1 aromatic heterocycles. The zero-order valence-corrected chi connectivity index (χ0v) is 21.0. The van der Waals surface area contributed by atoms with Crippen LogP contribution in [0.4, 0.5) is 4.79 Å². The third kappa shape index (κ3) is 6.19. The maximum absolute atomic E-state index is 13.4. The van der Waals surface area contributed by atoms with Gasteiger partial charge in [0.15, 0.2) is 0 Å². The highest BCUT2D eigenvalue weighted by atomic mass is 35.5. The number of para-hydroxylation sites is 1. The lowest BCUT2D eigenvalue weighted by Gasteiger charge is -2.29. The largest absolute Gasteiger partial charge is 0.487 e. The Morgan fingerprint density at radius 3 is 2.39 bits per heavy atom. The average molecular weight is 530 g/mol. The standard InChI is InChI=1S/C28H24ClN5O4/c29-21-13-11-20(12-14-21)26-25(27(35)38-17-19-7-3-1-4-8-19)24(30-28(36)31-26)16-34-15-22(32-33-34)18-37-23-9-5-2-6-10-23/h1-15,26H,16-18H2,(H2,30,31,36). The van der Waals surface area contributed by atoms with Crippen LogP contribution in [0, 0.1) is 0 Å². The molecule has 4 aromatic rings. The van der Waals surface area contributed by atoms with Gasteiger partial charge in [0.05, 0.1) is 30.1 Å². The fourth-order valence-electron chi connectivity index (χ4n) is 4.01. The Balaban J connectivity index is 1.41. The van der Waals surface area contributed by atoms with Crippen LogP contribution in [0.25, 0.3) is 0 Å². The summed E-state index contributed by atoms with van der Waals surface area (Å²) < 4.78 is 12.9. The summed E-state index contributed by atoms with van der Waals surface area (Å²) in [4.78, 5) is 26.1. The van der Waals surface area contributed by atoms with Crippen LogP contribution in [-0.2, 0) is 29.3 Å². The first-order valence-corrected chi connectivity index (χ1v) is 12.3. The lowest BCUT2D eigenvalue weighted by atomic mass is 9.95. The molecule has 1 aliphatic rings. The quantitative estimate of drug-likeness (QED) is 0.308. The van der Waals surface area contributed by atoms with Crippen molar-refractivity contribution in [2.45, 2.75) is 25.8 Å². The van der Waals surface area contributed by atoms with E-state index < -0.39 is 18.0 Å². The number of amides is 2. The molecule has 3 aromatic carbocycles. The number of hydrogen-bond donors (Lipinski definition) is 2. The molecule has 0 saturated carbocycles. The molecule has 2 N–H and O–H groups in total. The molecule has 192 valence electrons. The van der Waals surface area contributed by atoms with Crippen molar-refractivity contribution in [1.82, 2.24) is 25.6 Å². The van der Waals surface area contributed by atoms with Crippen LogP contribution < -0.4 is 15.4 Å². The topological polar surface area (TPSA) is 107 Å². The number of urea groups is 1. The first-order valence-electron chi connectivity index (χ1n) is 11.9. The highest BCUT2D eigenvalue weighted by Gasteiger charge is 2.34. The van der Waals surface area contributed by atoms with Gasteiger partial charge in [-0.25, -0.2) is 14.3 Å². The summed E-state index contributed by atoms with van der Waals surface area (Å²) in [6, 6.07) is 24.5. The summed E-state index contributed by atoms with van der Waals surface area (Å²) in [7, 11) is 0. The fraction of sp³-hybridized carbons (Fsp3) is 0.143. The molecule has 38 heavy (non-hydrogen) atoms. The summed E-state index contributed by atoms with van der Waals surface area (Å²) in [6.45, 7) is 0.393. The Bertz CT molecular complexity index is 1440. The van der Waals surface area contributed by atoms with Crippen molar-refractivity contribution in [2.24, 2.45) is 0 Å². The van der Waals surface area contributed by atoms with Crippen molar-refractivity contribution < 1.29 is 19.1 Å².